The van der Waals surface area contributed by atoms with E-state index in [1.807, 2.05) is 21.1 Å². The largest absolute Gasteiger partial charge is 0.527 e. The average Bonchev–Trinajstić information content (AvgIpc) is 2.36. The van der Waals surface area contributed by atoms with E-state index in [9.17, 15) is 14.3 Å². The molecule has 0 saturated carbocycles. The first-order chi connectivity index (χ1) is 9.63. The summed E-state index contributed by atoms with van der Waals surface area (Å²) < 4.78 is 22.1. The number of Topliss-reactive ketones (excluding diaryl/α,β-unsaturated/α-hetero) is 1. The Balaban J connectivity index is 2.59. The molecule has 0 aliphatic carbocycles. The maximum absolute atomic E-state index is 11.7. The molecule has 0 saturated heterocycles. The fourth-order valence-corrected chi connectivity index (χ4v) is 2.14. The van der Waals surface area contributed by atoms with Gasteiger partial charge in [-0.05, 0) is 24.3 Å². The second-order valence-electron chi connectivity index (χ2n) is 5.51. The summed E-state index contributed by atoms with van der Waals surface area (Å²) in [5.41, 5.74) is 0.295. The zero-order valence-corrected chi connectivity index (χ0v) is 13.2. The van der Waals surface area contributed by atoms with E-state index in [0.717, 1.165) is 0 Å². The van der Waals surface area contributed by atoms with E-state index in [1.54, 1.807) is 0 Å². The van der Waals surface area contributed by atoms with Crippen LogP contribution in [-0.2, 0) is 9.09 Å². The molecule has 1 atom stereocenters. The van der Waals surface area contributed by atoms with Gasteiger partial charge in [0.2, 0.25) is 0 Å². The number of aliphatic hydroxyl groups excluding tert-OH is 1. The molecular formula is C13H21NO6P+. The Hall–Kier alpha value is -1.24. The van der Waals surface area contributed by atoms with Crippen molar-refractivity contribution in [2.45, 2.75) is 0 Å². The minimum atomic E-state index is -4.19. The van der Waals surface area contributed by atoms with Gasteiger partial charge in [-0.15, -0.1) is 0 Å². The average molecular weight is 318 g/mol. The van der Waals surface area contributed by atoms with Crippen LogP contribution in [-0.4, -0.2) is 61.2 Å². The second kappa shape index (κ2) is 7.15. The summed E-state index contributed by atoms with van der Waals surface area (Å²) in [6.07, 6.45) is 0. The number of benzene rings is 1. The van der Waals surface area contributed by atoms with E-state index < -0.39 is 20.2 Å². The van der Waals surface area contributed by atoms with Crippen LogP contribution in [0.4, 0.5) is 0 Å². The van der Waals surface area contributed by atoms with Crippen molar-refractivity contribution in [3.8, 4) is 5.75 Å². The van der Waals surface area contributed by atoms with Gasteiger partial charge in [0.25, 0.3) is 0 Å². The van der Waals surface area contributed by atoms with Gasteiger partial charge in [-0.3, -0.25) is 14.2 Å². The fraction of sp³-hybridized carbons (Fsp3) is 0.462. The highest BCUT2D eigenvalue weighted by Crippen LogP contribution is 2.43. The molecule has 0 bridgehead atoms. The van der Waals surface area contributed by atoms with Crippen LogP contribution in [0.3, 0.4) is 0 Å². The molecule has 21 heavy (non-hydrogen) atoms. The van der Waals surface area contributed by atoms with Gasteiger partial charge in [0.05, 0.1) is 21.1 Å². The summed E-state index contributed by atoms with van der Waals surface area (Å²) in [4.78, 5) is 20.8. The number of phosphoric ester groups is 1. The van der Waals surface area contributed by atoms with Crippen LogP contribution in [0.2, 0.25) is 0 Å². The van der Waals surface area contributed by atoms with Gasteiger partial charge in [0, 0.05) is 5.56 Å². The number of quaternary nitrogens is 1. The Morgan fingerprint density at radius 1 is 1.24 bits per heavy atom. The number of likely N-dealkylation sites (N-methyl/N-ethyl adjacent to an activating group) is 1. The minimum Gasteiger partial charge on any atom is -0.404 e. The summed E-state index contributed by atoms with van der Waals surface area (Å²) in [5.74, 6) is -0.325. The van der Waals surface area contributed by atoms with Crippen molar-refractivity contribution in [2.75, 3.05) is 40.9 Å². The molecule has 1 aromatic carbocycles. The van der Waals surface area contributed by atoms with Crippen LogP contribution in [0.15, 0.2) is 24.3 Å². The number of carbonyl (C=O) groups excluding carboxylic acids is 1. The number of phosphoric acid groups is 1. The molecule has 1 rings (SSSR count). The van der Waals surface area contributed by atoms with Gasteiger partial charge < -0.3 is 14.1 Å². The molecule has 7 nitrogen and oxygen atoms in total. The molecule has 0 fully saturated rings. The molecule has 1 aromatic rings. The van der Waals surface area contributed by atoms with E-state index in [1.165, 1.54) is 24.3 Å². The first-order valence-electron chi connectivity index (χ1n) is 6.34. The van der Waals surface area contributed by atoms with Crippen LogP contribution in [0, 0.1) is 0 Å². The van der Waals surface area contributed by atoms with Gasteiger partial charge in [0.1, 0.15) is 25.5 Å². The lowest BCUT2D eigenvalue weighted by atomic mass is 10.1. The van der Waals surface area contributed by atoms with Crippen LogP contribution in [0.25, 0.3) is 0 Å². The fourth-order valence-electron chi connectivity index (χ4n) is 1.38. The van der Waals surface area contributed by atoms with E-state index in [4.69, 9.17) is 14.2 Å². The Morgan fingerprint density at radius 2 is 1.81 bits per heavy atom. The first-order valence-corrected chi connectivity index (χ1v) is 7.84. The third kappa shape index (κ3) is 6.84. The van der Waals surface area contributed by atoms with Crippen molar-refractivity contribution in [1.29, 1.82) is 0 Å². The van der Waals surface area contributed by atoms with Crippen LogP contribution < -0.4 is 4.52 Å². The zero-order chi connectivity index (χ0) is 16.1. The van der Waals surface area contributed by atoms with Gasteiger partial charge in [0.15, 0.2) is 5.78 Å². The standard InChI is InChI=1S/C13H20NO6P/c1-14(2,3)8-9-19-21(17,18)20-12-6-4-11(5-7-12)13(16)10-15/h4-7,15H,8-10H2,1-3H3/p+1. The van der Waals surface area contributed by atoms with Crippen molar-refractivity contribution in [3.05, 3.63) is 29.8 Å². The molecule has 0 spiro atoms. The van der Waals surface area contributed by atoms with Gasteiger partial charge in [-0.25, -0.2) is 4.57 Å². The summed E-state index contributed by atoms with van der Waals surface area (Å²) in [6, 6.07) is 5.55. The Kier molecular flexibility index (Phi) is 6.07. The first kappa shape index (κ1) is 17.8. The number of aliphatic hydroxyl groups is 1. The van der Waals surface area contributed by atoms with Crippen LogP contribution >= 0.6 is 7.82 Å². The quantitative estimate of drug-likeness (QED) is 0.423. The molecule has 0 aliphatic rings. The molecule has 118 valence electrons. The number of hydrogen-bond acceptors (Lipinski definition) is 5. The maximum atomic E-state index is 11.7. The summed E-state index contributed by atoms with van der Waals surface area (Å²) in [5, 5.41) is 8.72. The minimum absolute atomic E-state index is 0.0817. The van der Waals surface area contributed by atoms with E-state index >= 15 is 0 Å². The smallest absolute Gasteiger partial charge is 0.404 e. The lowest BCUT2D eigenvalue weighted by Gasteiger charge is -2.24. The van der Waals surface area contributed by atoms with Gasteiger partial charge >= 0.3 is 7.82 Å². The number of ketones is 1. The molecule has 0 aromatic heterocycles. The molecule has 0 amide bonds. The Bertz CT molecular complexity index is 522. The van der Waals surface area contributed by atoms with Crippen molar-refractivity contribution in [2.24, 2.45) is 0 Å². The normalized spacial score (nSPS) is 14.5. The summed E-state index contributed by atoms with van der Waals surface area (Å²) in [6.45, 7) is 0.0447. The second-order valence-corrected chi connectivity index (χ2v) is 6.89. The molecule has 0 heterocycles. The maximum Gasteiger partial charge on any atom is 0.527 e. The molecular weight excluding hydrogens is 297 g/mol. The van der Waals surface area contributed by atoms with Crippen molar-refractivity contribution in [1.82, 2.24) is 0 Å². The monoisotopic (exact) mass is 318 g/mol. The molecule has 2 N–H and O–H groups in total. The molecule has 1 unspecified atom stereocenters. The van der Waals surface area contributed by atoms with Gasteiger partial charge in [-0.2, -0.15) is 0 Å². The summed E-state index contributed by atoms with van der Waals surface area (Å²) >= 11 is 0. The zero-order valence-electron chi connectivity index (χ0n) is 12.4. The number of carbonyl (C=O) groups is 1. The Labute approximate surface area is 123 Å². The predicted octanol–water partition coefficient (Wildman–Crippen LogP) is 1.06. The number of rotatable bonds is 8. The predicted molar refractivity (Wildman–Crippen MR) is 77.2 cm³/mol. The van der Waals surface area contributed by atoms with Gasteiger partial charge in [-0.1, -0.05) is 0 Å². The SMILES string of the molecule is C[N+](C)(C)CCOP(=O)(O)Oc1ccc(C(=O)CO)cc1. The lowest BCUT2D eigenvalue weighted by molar-refractivity contribution is -0.870. The van der Waals surface area contributed by atoms with Crippen molar-refractivity contribution >= 4 is 13.6 Å². The van der Waals surface area contributed by atoms with Crippen molar-refractivity contribution in [3.63, 3.8) is 0 Å². The number of hydrogen-bond donors (Lipinski definition) is 2. The third-order valence-electron chi connectivity index (χ3n) is 2.56. The topological polar surface area (TPSA) is 93.1 Å². The van der Waals surface area contributed by atoms with Crippen molar-refractivity contribution < 1.29 is 32.9 Å². The Morgan fingerprint density at radius 3 is 2.29 bits per heavy atom. The lowest BCUT2D eigenvalue weighted by Crippen LogP contribution is -2.37. The molecule has 0 radical (unpaired) electrons. The van der Waals surface area contributed by atoms with E-state index in [2.05, 4.69) is 0 Å². The molecule has 0 aliphatic heterocycles. The highest BCUT2D eigenvalue weighted by molar-refractivity contribution is 7.47. The van der Waals surface area contributed by atoms with Crippen LogP contribution in [0.1, 0.15) is 10.4 Å². The van der Waals surface area contributed by atoms with E-state index in [-0.39, 0.29) is 12.4 Å². The van der Waals surface area contributed by atoms with E-state index in [0.29, 0.717) is 16.6 Å². The highest BCUT2D eigenvalue weighted by Gasteiger charge is 2.24. The number of nitrogens with zero attached hydrogens (tertiary/aromatic N) is 1. The molecule has 8 heteroatoms. The highest BCUT2D eigenvalue weighted by atomic mass is 31.2. The summed E-state index contributed by atoms with van der Waals surface area (Å²) in [7, 11) is 1.61. The van der Waals surface area contributed by atoms with Crippen LogP contribution in [0.5, 0.6) is 5.75 Å². The third-order valence-corrected chi connectivity index (χ3v) is 3.51.